The molecule has 0 bridgehead atoms. The summed E-state index contributed by atoms with van der Waals surface area (Å²) in [6, 6.07) is 8.02. The summed E-state index contributed by atoms with van der Waals surface area (Å²) in [6.45, 7) is 7.29. The molecule has 0 spiro atoms. The van der Waals surface area contributed by atoms with E-state index < -0.39 is 46.4 Å². The van der Waals surface area contributed by atoms with Crippen molar-refractivity contribution in [2.75, 3.05) is 31.5 Å². The Balaban J connectivity index is 1.81. The highest BCUT2D eigenvalue weighted by Gasteiger charge is 2.41. The number of H-pyrrole nitrogens is 1. The molecule has 0 aliphatic carbocycles. The fraction of sp³-hybridized carbons (Fsp3) is 0.286. The van der Waals surface area contributed by atoms with Crippen LogP contribution in [0.25, 0.3) is 22.8 Å². The topological polar surface area (TPSA) is 77.2 Å². The number of nitrogens with one attached hydrogen (secondary N) is 3. The van der Waals surface area contributed by atoms with Gasteiger partial charge in [0, 0.05) is 35.6 Å². The Labute approximate surface area is 221 Å². The second-order valence-corrected chi connectivity index (χ2v) is 9.04. The first-order valence-electron chi connectivity index (χ1n) is 12.4. The van der Waals surface area contributed by atoms with E-state index in [1.807, 2.05) is 18.7 Å². The van der Waals surface area contributed by atoms with Crippen molar-refractivity contribution < 1.29 is 31.5 Å². The van der Waals surface area contributed by atoms with E-state index in [1.165, 1.54) is 37.3 Å². The summed E-state index contributed by atoms with van der Waals surface area (Å²) >= 11 is 0. The van der Waals surface area contributed by atoms with Gasteiger partial charge in [0.2, 0.25) is 0 Å². The van der Waals surface area contributed by atoms with Crippen LogP contribution in [0.4, 0.5) is 27.6 Å². The first-order valence-corrected chi connectivity index (χ1v) is 12.4. The van der Waals surface area contributed by atoms with E-state index in [-0.39, 0.29) is 40.2 Å². The third kappa shape index (κ3) is 5.44. The number of nitrogens with zero attached hydrogens (tertiary/aromatic N) is 1. The molecule has 0 saturated heterocycles. The Kier molecular flexibility index (Phi) is 7.91. The molecule has 0 unspecified atom stereocenters. The average Bonchev–Trinajstić information content (AvgIpc) is 3.39. The quantitative estimate of drug-likeness (QED) is 0.245. The number of aromatic nitrogens is 1. The molecule has 2 amide bonds. The Hall–Kier alpha value is -3.99. The largest absolute Gasteiger partial charge is 0.419 e. The van der Waals surface area contributed by atoms with Crippen LogP contribution in [0.15, 0.2) is 36.4 Å². The molecule has 1 aromatic heterocycles. The van der Waals surface area contributed by atoms with Gasteiger partial charge in [-0.05, 0) is 43.8 Å². The zero-order chi connectivity index (χ0) is 28.5. The number of halogens is 5. The number of rotatable bonds is 8. The number of carbonyl (C=O) groups excluding carboxylic acids is 2. The normalized spacial score (nSPS) is 14.2. The zero-order valence-corrected chi connectivity index (χ0v) is 21.5. The van der Waals surface area contributed by atoms with E-state index in [0.29, 0.717) is 6.54 Å². The van der Waals surface area contributed by atoms with Crippen LogP contribution < -0.4 is 10.6 Å². The highest BCUT2D eigenvalue weighted by Crippen LogP contribution is 2.43. The maximum absolute atomic E-state index is 14.7. The number of amides is 2. The third-order valence-corrected chi connectivity index (χ3v) is 6.69. The number of hydrogen-bond donors (Lipinski definition) is 3. The van der Waals surface area contributed by atoms with E-state index in [9.17, 15) is 31.5 Å². The molecule has 11 heteroatoms. The van der Waals surface area contributed by atoms with Crippen LogP contribution in [0.3, 0.4) is 0 Å². The molecule has 0 radical (unpaired) electrons. The molecule has 2 aromatic carbocycles. The minimum atomic E-state index is -4.94. The predicted molar refractivity (Wildman–Crippen MR) is 139 cm³/mol. The lowest BCUT2D eigenvalue weighted by atomic mass is 9.93. The molecule has 4 rings (SSSR count). The SMILES string of the molecule is CCN(CC)CCNC(=O)c1c(C)[nH]c(/C=C2\C(=O)Nc3cccc(-c4cccc(F)c4F)c32)c1C(F)(F)F. The third-order valence-electron chi connectivity index (χ3n) is 6.69. The van der Waals surface area contributed by atoms with E-state index in [1.54, 1.807) is 0 Å². The van der Waals surface area contributed by atoms with Gasteiger partial charge in [-0.3, -0.25) is 9.59 Å². The maximum Gasteiger partial charge on any atom is 0.419 e. The predicted octanol–water partition coefficient (Wildman–Crippen LogP) is 5.85. The molecular weight excluding hydrogens is 519 g/mol. The van der Waals surface area contributed by atoms with Crippen LogP contribution in [-0.4, -0.2) is 47.9 Å². The number of carbonyl (C=O) groups is 2. The van der Waals surface area contributed by atoms with Gasteiger partial charge >= 0.3 is 6.18 Å². The van der Waals surface area contributed by atoms with Gasteiger partial charge in [-0.15, -0.1) is 0 Å². The summed E-state index contributed by atoms with van der Waals surface area (Å²) in [5.74, 6) is -3.88. The first-order chi connectivity index (χ1) is 18.5. The van der Waals surface area contributed by atoms with E-state index in [4.69, 9.17) is 0 Å². The number of aromatic amines is 1. The van der Waals surface area contributed by atoms with Crippen molar-refractivity contribution in [3.05, 3.63) is 76.1 Å². The highest BCUT2D eigenvalue weighted by molar-refractivity contribution is 6.36. The summed E-state index contributed by atoms with van der Waals surface area (Å²) in [6.07, 6.45) is -3.95. The van der Waals surface area contributed by atoms with Crippen LogP contribution in [0.2, 0.25) is 0 Å². The summed E-state index contributed by atoms with van der Waals surface area (Å²) in [5, 5.41) is 5.11. The van der Waals surface area contributed by atoms with Crippen molar-refractivity contribution in [2.45, 2.75) is 26.9 Å². The van der Waals surface area contributed by atoms with Crippen LogP contribution in [0, 0.1) is 18.6 Å². The van der Waals surface area contributed by atoms with Gasteiger partial charge in [0.15, 0.2) is 11.6 Å². The van der Waals surface area contributed by atoms with Crippen LogP contribution in [-0.2, 0) is 11.0 Å². The number of alkyl halides is 3. The Morgan fingerprint density at radius 1 is 1.05 bits per heavy atom. The summed E-state index contributed by atoms with van der Waals surface area (Å²) in [4.78, 5) is 30.4. The van der Waals surface area contributed by atoms with E-state index >= 15 is 0 Å². The standard InChI is InChI=1S/C28H27F5N4O2/c1-4-37(5-2)13-12-34-27(39)22-15(3)35-21(24(22)28(31,32)33)14-18-23-16(8-7-11-20(23)36-26(18)38)17-9-6-10-19(29)25(17)30/h6-11,14,35H,4-5,12-13H2,1-3H3,(H,34,39)(H,36,38)/b18-14-. The van der Waals surface area contributed by atoms with Gasteiger partial charge in [0.05, 0.1) is 22.4 Å². The molecule has 2 heterocycles. The molecule has 0 fully saturated rings. The molecular formula is C28H27F5N4O2. The van der Waals surface area contributed by atoms with Crippen molar-refractivity contribution in [3.63, 3.8) is 0 Å². The highest BCUT2D eigenvalue weighted by atomic mass is 19.4. The van der Waals surface area contributed by atoms with Gasteiger partial charge in [0.1, 0.15) is 0 Å². The fourth-order valence-corrected chi connectivity index (χ4v) is 4.76. The molecule has 6 nitrogen and oxygen atoms in total. The molecule has 0 atom stereocenters. The summed E-state index contributed by atoms with van der Waals surface area (Å²) in [7, 11) is 0. The van der Waals surface area contributed by atoms with Crippen molar-refractivity contribution in [2.24, 2.45) is 0 Å². The van der Waals surface area contributed by atoms with E-state index in [2.05, 4.69) is 15.6 Å². The van der Waals surface area contributed by atoms with Gasteiger partial charge < -0.3 is 20.5 Å². The Bertz CT molecular complexity index is 1450. The second-order valence-electron chi connectivity index (χ2n) is 9.04. The number of aryl methyl sites for hydroxylation is 1. The molecule has 0 saturated carbocycles. The minimum absolute atomic E-state index is 0.0300. The molecule has 39 heavy (non-hydrogen) atoms. The van der Waals surface area contributed by atoms with Crippen LogP contribution in [0.5, 0.6) is 0 Å². The smallest absolute Gasteiger partial charge is 0.358 e. The number of hydrogen-bond acceptors (Lipinski definition) is 3. The van der Waals surface area contributed by atoms with Gasteiger partial charge in [-0.25, -0.2) is 8.78 Å². The lowest BCUT2D eigenvalue weighted by Gasteiger charge is -2.18. The zero-order valence-electron chi connectivity index (χ0n) is 21.5. The molecule has 1 aliphatic rings. The van der Waals surface area contributed by atoms with Crippen molar-refractivity contribution in [3.8, 4) is 11.1 Å². The summed E-state index contributed by atoms with van der Waals surface area (Å²) < 4.78 is 71.6. The Morgan fingerprint density at radius 2 is 1.72 bits per heavy atom. The number of benzene rings is 2. The minimum Gasteiger partial charge on any atom is -0.358 e. The molecule has 1 aliphatic heterocycles. The monoisotopic (exact) mass is 546 g/mol. The van der Waals surface area contributed by atoms with Crippen molar-refractivity contribution >= 4 is 29.2 Å². The fourth-order valence-electron chi connectivity index (χ4n) is 4.76. The number of anilines is 1. The van der Waals surface area contributed by atoms with Gasteiger partial charge in [-0.1, -0.05) is 38.1 Å². The molecule has 206 valence electrons. The van der Waals surface area contributed by atoms with Gasteiger partial charge in [0.25, 0.3) is 11.8 Å². The second kappa shape index (κ2) is 11.0. The van der Waals surface area contributed by atoms with E-state index in [0.717, 1.165) is 25.2 Å². The average molecular weight is 547 g/mol. The first kappa shape index (κ1) is 28.0. The van der Waals surface area contributed by atoms with Crippen molar-refractivity contribution in [1.82, 2.24) is 15.2 Å². The summed E-state index contributed by atoms with van der Waals surface area (Å²) in [5.41, 5.74) is -2.18. The van der Waals surface area contributed by atoms with Crippen molar-refractivity contribution in [1.29, 1.82) is 0 Å². The number of likely N-dealkylation sites (N-methyl/N-ethyl adjacent to an activating group) is 1. The molecule has 3 N–H and O–H groups in total. The molecule has 3 aromatic rings. The lowest BCUT2D eigenvalue weighted by Crippen LogP contribution is -2.35. The van der Waals surface area contributed by atoms with Crippen LogP contribution >= 0.6 is 0 Å². The lowest BCUT2D eigenvalue weighted by molar-refractivity contribution is -0.138. The Morgan fingerprint density at radius 3 is 2.38 bits per heavy atom. The maximum atomic E-state index is 14.7. The number of fused-ring (bicyclic) bond motifs is 1. The van der Waals surface area contributed by atoms with Crippen LogP contribution in [0.1, 0.15) is 46.7 Å². The van der Waals surface area contributed by atoms with Gasteiger partial charge in [-0.2, -0.15) is 13.2 Å².